The van der Waals surface area contributed by atoms with Gasteiger partial charge in [0.2, 0.25) is 0 Å². The van der Waals surface area contributed by atoms with Gasteiger partial charge in [-0.2, -0.15) is 0 Å². The van der Waals surface area contributed by atoms with Crippen LogP contribution in [0.5, 0.6) is 0 Å². The molecule has 28 heavy (non-hydrogen) atoms. The van der Waals surface area contributed by atoms with E-state index < -0.39 is 11.0 Å². The number of H-pyrrole nitrogens is 1. The molecule has 4 rings (SSSR count). The molecule has 0 amide bonds. The minimum absolute atomic E-state index is 0.0559. The minimum Gasteiger partial charge on any atom is -0.361 e. The van der Waals surface area contributed by atoms with Crippen molar-refractivity contribution in [2.45, 2.75) is 10.9 Å². The summed E-state index contributed by atoms with van der Waals surface area (Å²) in [4.78, 5) is 6.06. The van der Waals surface area contributed by atoms with Gasteiger partial charge in [0.25, 0.3) is 0 Å². The summed E-state index contributed by atoms with van der Waals surface area (Å²) < 4.78 is 18.1. The summed E-state index contributed by atoms with van der Waals surface area (Å²) in [6, 6.07) is 13.8. The van der Waals surface area contributed by atoms with Gasteiger partial charge < -0.3 is 14.5 Å². The van der Waals surface area contributed by atoms with Gasteiger partial charge in [-0.1, -0.05) is 17.7 Å². The van der Waals surface area contributed by atoms with E-state index in [0.717, 1.165) is 32.3 Å². The third-order valence-corrected chi connectivity index (χ3v) is 6.46. The Hall–Kier alpha value is -2.12. The van der Waals surface area contributed by atoms with Gasteiger partial charge in [0, 0.05) is 53.5 Å². The van der Waals surface area contributed by atoms with Crippen LogP contribution in [0.3, 0.4) is 0 Å². The molecule has 2 aromatic carbocycles. The van der Waals surface area contributed by atoms with Crippen LogP contribution < -0.4 is 4.72 Å². The molecule has 5 nitrogen and oxygen atoms in total. The molecule has 7 heteroatoms. The van der Waals surface area contributed by atoms with E-state index in [2.05, 4.69) is 25.4 Å². The Morgan fingerprint density at radius 2 is 2.04 bits per heavy atom. The van der Waals surface area contributed by atoms with Crippen molar-refractivity contribution in [1.82, 2.24) is 19.2 Å². The third-order valence-electron chi connectivity index (χ3n) is 5.11. The van der Waals surface area contributed by atoms with E-state index in [-0.39, 0.29) is 6.04 Å². The summed E-state index contributed by atoms with van der Waals surface area (Å²) in [7, 11) is 4.80. The molecule has 0 radical (unpaired) electrons. The molecular weight excluding hydrogens is 392 g/mol. The van der Waals surface area contributed by atoms with Crippen LogP contribution in [0.1, 0.15) is 11.6 Å². The predicted octanol–water partition coefficient (Wildman–Crippen LogP) is 4.23. The number of aromatic amines is 1. The first-order chi connectivity index (χ1) is 13.4. The standard InChI is InChI=1S/C21H23ClN4OS/c1-25(2)21(18-13-26(3)20-7-5-15(22)10-17(18)20)12-24-28(27)16-6-4-14-8-9-23-19(14)11-16/h4-11,13,21,23-24H,12H2,1-3H3. The Balaban J connectivity index is 1.59. The van der Waals surface area contributed by atoms with Gasteiger partial charge in [0.15, 0.2) is 0 Å². The fourth-order valence-electron chi connectivity index (χ4n) is 3.61. The second-order valence-corrected chi connectivity index (χ2v) is 8.91. The highest BCUT2D eigenvalue weighted by Gasteiger charge is 2.20. The van der Waals surface area contributed by atoms with Gasteiger partial charge in [-0.3, -0.25) is 0 Å². The fourth-order valence-corrected chi connectivity index (χ4v) is 4.68. The van der Waals surface area contributed by atoms with E-state index in [0.29, 0.717) is 11.6 Å². The van der Waals surface area contributed by atoms with Crippen LogP contribution in [0.2, 0.25) is 5.02 Å². The van der Waals surface area contributed by atoms with Gasteiger partial charge in [-0.25, -0.2) is 8.93 Å². The third kappa shape index (κ3) is 3.61. The molecule has 2 N–H and O–H groups in total. The second-order valence-electron chi connectivity index (χ2n) is 7.18. The van der Waals surface area contributed by atoms with Gasteiger partial charge in [-0.05, 0) is 61.4 Å². The Morgan fingerprint density at radius 1 is 1.21 bits per heavy atom. The molecule has 2 atom stereocenters. The van der Waals surface area contributed by atoms with Gasteiger partial charge >= 0.3 is 0 Å². The maximum Gasteiger partial charge on any atom is 0.125 e. The van der Waals surface area contributed by atoms with Crippen molar-refractivity contribution < 1.29 is 4.21 Å². The quantitative estimate of drug-likeness (QED) is 0.496. The van der Waals surface area contributed by atoms with Crippen LogP contribution in [0.4, 0.5) is 0 Å². The lowest BCUT2D eigenvalue weighted by Gasteiger charge is -2.24. The molecular formula is C21H23ClN4OS. The number of benzene rings is 2. The summed E-state index contributed by atoms with van der Waals surface area (Å²) in [5, 5.41) is 2.95. The van der Waals surface area contributed by atoms with Crippen molar-refractivity contribution in [3.63, 3.8) is 0 Å². The molecule has 0 aliphatic heterocycles. The van der Waals surface area contributed by atoms with Crippen LogP contribution in [0.25, 0.3) is 21.8 Å². The smallest absolute Gasteiger partial charge is 0.125 e. The second kappa shape index (κ2) is 7.72. The Labute approximate surface area is 171 Å². The average Bonchev–Trinajstić information content (AvgIpc) is 3.25. The van der Waals surface area contributed by atoms with Crippen molar-refractivity contribution in [3.8, 4) is 0 Å². The fraction of sp³-hybridized carbons (Fsp3) is 0.238. The number of hydrogen-bond donors (Lipinski definition) is 2. The summed E-state index contributed by atoms with van der Waals surface area (Å²) in [6.45, 7) is 0.550. The number of nitrogens with zero attached hydrogens (tertiary/aromatic N) is 2. The van der Waals surface area contributed by atoms with E-state index in [1.165, 1.54) is 0 Å². The predicted molar refractivity (Wildman–Crippen MR) is 117 cm³/mol. The van der Waals surface area contributed by atoms with Crippen molar-refractivity contribution in [2.24, 2.45) is 7.05 Å². The summed E-state index contributed by atoms with van der Waals surface area (Å²) in [5.74, 6) is 0. The summed E-state index contributed by atoms with van der Waals surface area (Å²) in [5.41, 5.74) is 3.28. The van der Waals surface area contributed by atoms with Crippen LogP contribution in [0, 0.1) is 0 Å². The maximum atomic E-state index is 12.8. The molecule has 2 aromatic heterocycles. The van der Waals surface area contributed by atoms with Crippen molar-refractivity contribution in [1.29, 1.82) is 0 Å². The minimum atomic E-state index is -1.30. The molecule has 0 bridgehead atoms. The normalized spacial score (nSPS) is 14.2. The highest BCUT2D eigenvalue weighted by molar-refractivity contribution is 7.83. The highest BCUT2D eigenvalue weighted by atomic mass is 35.5. The topological polar surface area (TPSA) is 53.1 Å². The first-order valence-corrected chi connectivity index (χ1v) is 10.6. The van der Waals surface area contributed by atoms with Gasteiger partial charge in [0.05, 0.1) is 4.90 Å². The van der Waals surface area contributed by atoms with Crippen molar-refractivity contribution in [3.05, 3.63) is 65.4 Å². The molecule has 0 fully saturated rings. The monoisotopic (exact) mass is 414 g/mol. The summed E-state index contributed by atoms with van der Waals surface area (Å²) in [6.07, 6.45) is 4.01. The average molecular weight is 415 g/mol. The molecule has 0 saturated heterocycles. The zero-order valence-corrected chi connectivity index (χ0v) is 17.6. The highest BCUT2D eigenvalue weighted by Crippen LogP contribution is 2.30. The van der Waals surface area contributed by atoms with E-state index in [1.54, 1.807) is 0 Å². The Morgan fingerprint density at radius 3 is 2.82 bits per heavy atom. The number of halogens is 1. The Kier molecular flexibility index (Phi) is 5.29. The lowest BCUT2D eigenvalue weighted by molar-refractivity contribution is 0.302. The first-order valence-electron chi connectivity index (χ1n) is 9.07. The van der Waals surface area contributed by atoms with Gasteiger partial charge in [-0.15, -0.1) is 0 Å². The lowest BCUT2D eigenvalue weighted by Crippen LogP contribution is -2.32. The van der Waals surface area contributed by atoms with E-state index in [1.807, 2.05) is 69.8 Å². The van der Waals surface area contributed by atoms with Crippen LogP contribution >= 0.6 is 11.6 Å². The van der Waals surface area contributed by atoms with Crippen LogP contribution in [-0.4, -0.2) is 39.3 Å². The van der Waals surface area contributed by atoms with Crippen LogP contribution in [-0.2, 0) is 18.0 Å². The van der Waals surface area contributed by atoms with E-state index in [9.17, 15) is 4.21 Å². The molecule has 4 aromatic rings. The van der Waals surface area contributed by atoms with E-state index in [4.69, 9.17) is 11.6 Å². The van der Waals surface area contributed by atoms with Crippen molar-refractivity contribution in [2.75, 3.05) is 20.6 Å². The number of rotatable bonds is 6. The number of aromatic nitrogens is 2. The first kappa shape index (κ1) is 19.2. The SMILES string of the molecule is CN(C)C(CNS(=O)c1ccc2cc[nH]c2c1)c1cn(C)c2ccc(Cl)cc12. The maximum absolute atomic E-state index is 12.8. The number of nitrogens with one attached hydrogen (secondary N) is 2. The molecule has 2 heterocycles. The largest absolute Gasteiger partial charge is 0.361 e. The van der Waals surface area contributed by atoms with Crippen LogP contribution in [0.15, 0.2) is 59.8 Å². The number of aryl methyl sites for hydroxylation is 1. The number of fused-ring (bicyclic) bond motifs is 2. The van der Waals surface area contributed by atoms with E-state index >= 15 is 0 Å². The Bertz CT molecular complexity index is 1160. The van der Waals surface area contributed by atoms with Crippen molar-refractivity contribution >= 4 is 44.4 Å². The number of hydrogen-bond acceptors (Lipinski definition) is 2. The molecule has 0 aliphatic rings. The lowest BCUT2D eigenvalue weighted by atomic mass is 10.1. The molecule has 0 saturated carbocycles. The molecule has 0 spiro atoms. The zero-order chi connectivity index (χ0) is 19.8. The van der Waals surface area contributed by atoms with Gasteiger partial charge in [0.1, 0.15) is 11.0 Å². The number of likely N-dealkylation sites (N-methyl/N-ethyl adjacent to an activating group) is 1. The zero-order valence-electron chi connectivity index (χ0n) is 16.1. The molecule has 2 unspecified atom stereocenters. The molecule has 0 aliphatic carbocycles. The summed E-state index contributed by atoms with van der Waals surface area (Å²) >= 11 is 6.24. The molecule has 146 valence electrons.